The molecule has 0 aliphatic heterocycles. The molecule has 0 amide bonds. The van der Waals surface area contributed by atoms with Gasteiger partial charge in [-0.25, -0.2) is 13.6 Å². The summed E-state index contributed by atoms with van der Waals surface area (Å²) in [5, 5.41) is 18.1. The van der Waals surface area contributed by atoms with Crippen LogP contribution >= 0.6 is 0 Å². The van der Waals surface area contributed by atoms with E-state index in [0.29, 0.717) is 12.5 Å². The first-order valence-electron chi connectivity index (χ1n) is 6.74. The van der Waals surface area contributed by atoms with Crippen molar-refractivity contribution in [1.29, 1.82) is 0 Å². The zero-order chi connectivity index (χ0) is 15.3. The first-order valence-corrected chi connectivity index (χ1v) is 8.29. The Bertz CT molecular complexity index is 529. The minimum atomic E-state index is -3.68. The summed E-state index contributed by atoms with van der Waals surface area (Å²) >= 11 is 0. The number of benzene rings is 1. The molecule has 0 bridgehead atoms. The normalized spacial score (nSPS) is 15.3. The summed E-state index contributed by atoms with van der Waals surface area (Å²) in [6.07, 6.45) is 0.329. The quantitative estimate of drug-likeness (QED) is 0.709. The fourth-order valence-electron chi connectivity index (χ4n) is 2.02. The van der Waals surface area contributed by atoms with Gasteiger partial charge >= 0.3 is 0 Å². The number of nitrogens with one attached hydrogen (secondary N) is 1. The number of primary sulfonamides is 1. The van der Waals surface area contributed by atoms with E-state index in [1.165, 1.54) is 6.07 Å². The van der Waals surface area contributed by atoms with Crippen molar-refractivity contribution in [2.75, 3.05) is 6.54 Å². The van der Waals surface area contributed by atoms with Crippen LogP contribution < -0.4 is 10.5 Å². The molecule has 0 aliphatic rings. The molecule has 0 saturated carbocycles. The van der Waals surface area contributed by atoms with Crippen molar-refractivity contribution in [3.63, 3.8) is 0 Å². The van der Waals surface area contributed by atoms with Gasteiger partial charge in [0.2, 0.25) is 10.0 Å². The average Bonchev–Trinajstić information content (AvgIpc) is 2.34. The smallest absolute Gasteiger partial charge is 0.238 e. The molecular formula is C14H24N2O3S. The molecule has 0 radical (unpaired) electrons. The molecule has 0 spiro atoms. The second-order valence-electron chi connectivity index (χ2n) is 5.53. The van der Waals surface area contributed by atoms with Gasteiger partial charge in [0.15, 0.2) is 0 Å². The number of rotatable bonds is 7. The molecule has 0 saturated heterocycles. The lowest BCUT2D eigenvalue weighted by molar-refractivity contribution is 0.143. The number of hydrogen-bond donors (Lipinski definition) is 3. The van der Waals surface area contributed by atoms with Crippen molar-refractivity contribution in [3.05, 3.63) is 29.8 Å². The van der Waals surface area contributed by atoms with Crippen molar-refractivity contribution >= 4 is 10.0 Å². The molecule has 4 N–H and O–H groups in total. The highest BCUT2D eigenvalue weighted by atomic mass is 32.2. The van der Waals surface area contributed by atoms with Gasteiger partial charge in [-0.2, -0.15) is 0 Å². The van der Waals surface area contributed by atoms with Gasteiger partial charge in [-0.3, -0.25) is 0 Å². The Kier molecular flexibility index (Phi) is 6.13. The number of hydrogen-bond acceptors (Lipinski definition) is 4. The highest BCUT2D eigenvalue weighted by Crippen LogP contribution is 2.17. The predicted octanol–water partition coefficient (Wildman–Crippen LogP) is 1.39. The molecule has 2 atom stereocenters. The Morgan fingerprint density at radius 1 is 1.30 bits per heavy atom. The summed E-state index contributed by atoms with van der Waals surface area (Å²) in [6, 6.07) is 6.47. The van der Waals surface area contributed by atoms with Crippen LogP contribution in [0.25, 0.3) is 0 Å². The Morgan fingerprint density at radius 2 is 1.95 bits per heavy atom. The Morgan fingerprint density at radius 3 is 2.50 bits per heavy atom. The minimum Gasteiger partial charge on any atom is -0.392 e. The lowest BCUT2D eigenvalue weighted by atomic mass is 10.0. The largest absolute Gasteiger partial charge is 0.392 e. The third-order valence-electron chi connectivity index (χ3n) is 3.09. The van der Waals surface area contributed by atoms with Gasteiger partial charge in [0.1, 0.15) is 0 Å². The van der Waals surface area contributed by atoms with Gasteiger partial charge in [-0.1, -0.05) is 26.0 Å². The lowest BCUT2D eigenvalue weighted by Crippen LogP contribution is -2.30. The van der Waals surface area contributed by atoms with E-state index in [1.807, 2.05) is 13.0 Å². The summed E-state index contributed by atoms with van der Waals surface area (Å²) < 4.78 is 22.6. The summed E-state index contributed by atoms with van der Waals surface area (Å²) in [5.41, 5.74) is 0.827. The van der Waals surface area contributed by atoms with Crippen LogP contribution in [0.2, 0.25) is 0 Å². The van der Waals surface area contributed by atoms with Gasteiger partial charge in [0.05, 0.1) is 11.0 Å². The summed E-state index contributed by atoms with van der Waals surface area (Å²) in [7, 11) is -3.68. The maximum atomic E-state index is 11.3. The van der Waals surface area contributed by atoms with Crippen molar-refractivity contribution in [2.24, 2.45) is 11.1 Å². The first kappa shape index (κ1) is 17.1. The number of aliphatic hydroxyl groups excluding tert-OH is 1. The van der Waals surface area contributed by atoms with E-state index < -0.39 is 16.1 Å². The van der Waals surface area contributed by atoms with Crippen molar-refractivity contribution < 1.29 is 13.5 Å². The van der Waals surface area contributed by atoms with E-state index in [2.05, 4.69) is 19.2 Å². The summed E-state index contributed by atoms with van der Waals surface area (Å²) in [6.45, 7) is 6.51. The van der Waals surface area contributed by atoms with E-state index in [1.54, 1.807) is 12.1 Å². The minimum absolute atomic E-state index is 0.0569. The maximum absolute atomic E-state index is 11.3. The topological polar surface area (TPSA) is 92.4 Å². The van der Waals surface area contributed by atoms with Gasteiger partial charge < -0.3 is 10.4 Å². The molecule has 20 heavy (non-hydrogen) atoms. The van der Waals surface area contributed by atoms with Gasteiger partial charge in [0, 0.05) is 12.6 Å². The summed E-state index contributed by atoms with van der Waals surface area (Å²) in [5.74, 6) is 0.438. The molecule has 1 aromatic carbocycles. The van der Waals surface area contributed by atoms with Crippen LogP contribution in [-0.2, 0) is 10.0 Å². The second-order valence-corrected chi connectivity index (χ2v) is 7.09. The highest BCUT2D eigenvalue weighted by molar-refractivity contribution is 7.89. The first-order chi connectivity index (χ1) is 9.20. The van der Waals surface area contributed by atoms with Crippen LogP contribution in [0.5, 0.6) is 0 Å². The van der Waals surface area contributed by atoms with Crippen LogP contribution in [0, 0.1) is 5.92 Å². The second kappa shape index (κ2) is 7.17. The molecule has 1 aromatic rings. The third-order valence-corrected chi connectivity index (χ3v) is 4.00. The van der Waals surface area contributed by atoms with E-state index in [0.717, 1.165) is 12.0 Å². The zero-order valence-corrected chi connectivity index (χ0v) is 13.0. The van der Waals surface area contributed by atoms with E-state index >= 15 is 0 Å². The van der Waals surface area contributed by atoms with Crippen LogP contribution in [0.1, 0.15) is 38.8 Å². The average molecular weight is 300 g/mol. The van der Waals surface area contributed by atoms with Crippen molar-refractivity contribution in [2.45, 2.75) is 44.2 Å². The highest BCUT2D eigenvalue weighted by Gasteiger charge is 2.13. The number of aliphatic hydroxyl groups is 1. The van der Waals surface area contributed by atoms with Crippen molar-refractivity contribution in [3.8, 4) is 0 Å². The monoisotopic (exact) mass is 300 g/mol. The number of sulfonamides is 1. The fourth-order valence-corrected chi connectivity index (χ4v) is 2.59. The molecule has 0 heterocycles. The molecule has 6 heteroatoms. The summed E-state index contributed by atoms with van der Waals surface area (Å²) in [4.78, 5) is 0.103. The van der Waals surface area contributed by atoms with Gasteiger partial charge in [-0.15, -0.1) is 0 Å². The number of nitrogens with two attached hydrogens (primary N) is 1. The molecule has 114 valence electrons. The molecular weight excluding hydrogens is 276 g/mol. The van der Waals surface area contributed by atoms with Crippen LogP contribution in [0.15, 0.2) is 29.2 Å². The van der Waals surface area contributed by atoms with E-state index in [-0.39, 0.29) is 10.9 Å². The van der Waals surface area contributed by atoms with Gasteiger partial charge in [0.25, 0.3) is 0 Å². The van der Waals surface area contributed by atoms with E-state index in [9.17, 15) is 13.5 Å². The standard InChI is InChI=1S/C14H24N2O3S/c1-10(2)7-13(17)9-16-11(3)12-5-4-6-14(8-12)20(15,18)19/h4-6,8,10-11,13,16-17H,7,9H2,1-3H3,(H2,15,18,19). The molecule has 5 nitrogen and oxygen atoms in total. The third kappa shape index (κ3) is 5.58. The molecule has 2 unspecified atom stereocenters. The molecule has 0 aromatic heterocycles. The maximum Gasteiger partial charge on any atom is 0.238 e. The predicted molar refractivity (Wildman–Crippen MR) is 79.7 cm³/mol. The van der Waals surface area contributed by atoms with Crippen LogP contribution in [-0.4, -0.2) is 26.2 Å². The molecule has 0 aliphatic carbocycles. The zero-order valence-electron chi connectivity index (χ0n) is 12.2. The Labute approximate surface area is 121 Å². The molecule has 0 fully saturated rings. The van der Waals surface area contributed by atoms with Crippen LogP contribution in [0.3, 0.4) is 0 Å². The lowest BCUT2D eigenvalue weighted by Gasteiger charge is -2.19. The SMILES string of the molecule is CC(C)CC(O)CNC(C)c1cccc(S(N)(=O)=O)c1. The van der Waals surface area contributed by atoms with Crippen molar-refractivity contribution in [1.82, 2.24) is 5.32 Å². The van der Waals surface area contributed by atoms with E-state index in [4.69, 9.17) is 5.14 Å². The van der Waals surface area contributed by atoms with Gasteiger partial charge in [-0.05, 0) is 37.0 Å². The van der Waals surface area contributed by atoms with Crippen LogP contribution in [0.4, 0.5) is 0 Å². The Hall–Kier alpha value is -0.950. The Balaban J connectivity index is 2.66. The fraction of sp³-hybridized carbons (Fsp3) is 0.571. The molecule has 1 rings (SSSR count).